The van der Waals surface area contributed by atoms with E-state index in [0.29, 0.717) is 16.7 Å². The van der Waals surface area contributed by atoms with Crippen molar-refractivity contribution in [1.29, 1.82) is 0 Å². The van der Waals surface area contributed by atoms with Crippen molar-refractivity contribution in [2.24, 2.45) is 0 Å². The molecule has 2 aromatic carbocycles. The van der Waals surface area contributed by atoms with Crippen molar-refractivity contribution in [1.82, 2.24) is 9.78 Å². The van der Waals surface area contributed by atoms with Gasteiger partial charge in [0.25, 0.3) is 0 Å². The molecule has 0 radical (unpaired) electrons. The molecule has 0 atom stereocenters. The number of hydrogen-bond acceptors (Lipinski definition) is 2. The van der Waals surface area contributed by atoms with Crippen LogP contribution in [0.5, 0.6) is 0 Å². The van der Waals surface area contributed by atoms with Crippen molar-refractivity contribution in [3.8, 4) is 0 Å². The van der Waals surface area contributed by atoms with Gasteiger partial charge in [0.05, 0.1) is 34.3 Å². The lowest BCUT2D eigenvalue weighted by atomic mass is 10.2. The zero-order valence-electron chi connectivity index (χ0n) is 14.4. The van der Waals surface area contributed by atoms with Gasteiger partial charge in [-0.15, -0.1) is 0 Å². The minimum absolute atomic E-state index is 0.257. The predicted molar refractivity (Wildman–Crippen MR) is 108 cm³/mol. The number of rotatable bonds is 4. The van der Waals surface area contributed by atoms with Crippen LogP contribution in [0.25, 0.3) is 0 Å². The maximum atomic E-state index is 13.4. The molecule has 2 N–H and O–H groups in total. The second-order valence-electron chi connectivity index (χ2n) is 5.89. The minimum atomic E-state index is -0.257. The van der Waals surface area contributed by atoms with Gasteiger partial charge >= 0.3 is 0 Å². The number of benzene rings is 2. The van der Waals surface area contributed by atoms with E-state index in [2.05, 4.69) is 15.7 Å². The van der Waals surface area contributed by atoms with Crippen molar-refractivity contribution in [2.45, 2.75) is 20.4 Å². The average Bonchev–Trinajstić information content (AvgIpc) is 2.84. The summed E-state index contributed by atoms with van der Waals surface area (Å²) in [6.07, 6.45) is 0. The molecule has 0 aliphatic rings. The van der Waals surface area contributed by atoms with Gasteiger partial charge in [0.1, 0.15) is 5.82 Å². The van der Waals surface area contributed by atoms with E-state index in [1.165, 1.54) is 12.1 Å². The Kier molecular flexibility index (Phi) is 5.54. The summed E-state index contributed by atoms with van der Waals surface area (Å²) in [6, 6.07) is 13.9. The smallest absolute Gasteiger partial charge is 0.175 e. The van der Waals surface area contributed by atoms with E-state index in [-0.39, 0.29) is 5.82 Å². The molecule has 4 nitrogen and oxygen atoms in total. The van der Waals surface area contributed by atoms with E-state index >= 15 is 0 Å². The van der Waals surface area contributed by atoms with E-state index < -0.39 is 0 Å². The summed E-state index contributed by atoms with van der Waals surface area (Å²) < 4.78 is 15.2. The van der Waals surface area contributed by atoms with Crippen LogP contribution in [0.3, 0.4) is 0 Å². The van der Waals surface area contributed by atoms with Crippen molar-refractivity contribution in [2.75, 3.05) is 10.6 Å². The number of anilines is 2. The summed E-state index contributed by atoms with van der Waals surface area (Å²) in [7, 11) is 0. The largest absolute Gasteiger partial charge is 0.331 e. The molecule has 0 aliphatic carbocycles. The van der Waals surface area contributed by atoms with Gasteiger partial charge in [-0.1, -0.05) is 35.9 Å². The zero-order valence-corrected chi connectivity index (χ0v) is 16.0. The standard InChI is InChI=1S/C19H18ClFN4S/c1-12-18(23-19(26)22-17-9-4-3-8-16(17)20)13(2)25(24-12)11-14-6-5-7-15(21)10-14/h3-10H,11H2,1-2H3,(H2,22,23,26). The maximum absolute atomic E-state index is 13.4. The molecule has 0 amide bonds. The number of halogens is 2. The lowest BCUT2D eigenvalue weighted by Gasteiger charge is -2.12. The molecule has 134 valence electrons. The maximum Gasteiger partial charge on any atom is 0.175 e. The fraction of sp³-hybridized carbons (Fsp3) is 0.158. The van der Waals surface area contributed by atoms with Gasteiger partial charge in [0.2, 0.25) is 0 Å². The first kappa shape index (κ1) is 18.4. The Balaban J connectivity index is 1.75. The first-order valence-electron chi connectivity index (χ1n) is 8.05. The number of nitrogens with zero attached hydrogens (tertiary/aromatic N) is 2. The molecule has 26 heavy (non-hydrogen) atoms. The Bertz CT molecular complexity index is 954. The first-order chi connectivity index (χ1) is 12.4. The molecule has 0 unspecified atom stereocenters. The summed E-state index contributed by atoms with van der Waals surface area (Å²) in [4.78, 5) is 0. The summed E-state index contributed by atoms with van der Waals surface area (Å²) in [6.45, 7) is 4.33. The van der Waals surface area contributed by atoms with E-state index in [1.54, 1.807) is 12.1 Å². The highest BCUT2D eigenvalue weighted by Crippen LogP contribution is 2.23. The number of nitrogens with one attached hydrogen (secondary N) is 2. The van der Waals surface area contributed by atoms with Crippen molar-refractivity contribution >= 4 is 40.3 Å². The lowest BCUT2D eigenvalue weighted by Crippen LogP contribution is -2.20. The van der Waals surface area contributed by atoms with Crippen molar-refractivity contribution < 1.29 is 4.39 Å². The number of para-hydroxylation sites is 1. The molecule has 1 heterocycles. The van der Waals surface area contributed by atoms with Crippen LogP contribution in [0.1, 0.15) is 17.0 Å². The van der Waals surface area contributed by atoms with Crippen LogP contribution >= 0.6 is 23.8 Å². The van der Waals surface area contributed by atoms with Crippen molar-refractivity contribution in [3.05, 3.63) is 76.3 Å². The lowest BCUT2D eigenvalue weighted by molar-refractivity contribution is 0.616. The number of aryl methyl sites for hydroxylation is 1. The van der Waals surface area contributed by atoms with Gasteiger partial charge in [-0.05, 0) is 55.9 Å². The summed E-state index contributed by atoms with van der Waals surface area (Å²) in [5, 5.41) is 11.8. The van der Waals surface area contributed by atoms with Gasteiger partial charge in [0.15, 0.2) is 5.11 Å². The van der Waals surface area contributed by atoms with Crippen LogP contribution in [-0.4, -0.2) is 14.9 Å². The van der Waals surface area contributed by atoms with E-state index in [4.69, 9.17) is 23.8 Å². The van der Waals surface area contributed by atoms with Crippen molar-refractivity contribution in [3.63, 3.8) is 0 Å². The molecule has 3 rings (SSSR count). The first-order valence-corrected chi connectivity index (χ1v) is 8.83. The Hall–Kier alpha value is -2.44. The highest BCUT2D eigenvalue weighted by Gasteiger charge is 2.13. The van der Waals surface area contributed by atoms with Crippen LogP contribution in [0.4, 0.5) is 15.8 Å². The monoisotopic (exact) mass is 388 g/mol. The normalized spacial score (nSPS) is 10.6. The highest BCUT2D eigenvalue weighted by molar-refractivity contribution is 7.80. The molecule has 0 spiro atoms. The van der Waals surface area contributed by atoms with E-state index in [0.717, 1.165) is 28.3 Å². The quantitative estimate of drug-likeness (QED) is 0.606. The Labute approximate surface area is 162 Å². The Morgan fingerprint density at radius 3 is 2.65 bits per heavy atom. The zero-order chi connectivity index (χ0) is 18.7. The molecule has 1 aromatic heterocycles. The molecular weight excluding hydrogens is 371 g/mol. The van der Waals surface area contributed by atoms with E-state index in [1.807, 2.05) is 42.8 Å². The second kappa shape index (κ2) is 7.85. The van der Waals surface area contributed by atoms with Gasteiger partial charge in [-0.25, -0.2) is 4.39 Å². The predicted octanol–water partition coefficient (Wildman–Crippen LogP) is 5.15. The third kappa shape index (κ3) is 4.20. The van der Waals surface area contributed by atoms with E-state index in [9.17, 15) is 4.39 Å². The molecule has 0 saturated carbocycles. The van der Waals surface area contributed by atoms with Gasteiger partial charge in [0, 0.05) is 0 Å². The SMILES string of the molecule is Cc1nn(Cc2cccc(F)c2)c(C)c1NC(=S)Nc1ccccc1Cl. The molecule has 0 saturated heterocycles. The molecule has 0 aliphatic heterocycles. The summed E-state index contributed by atoms with van der Waals surface area (Å²) in [5.74, 6) is -0.257. The van der Waals surface area contributed by atoms with Crippen LogP contribution in [0, 0.1) is 19.7 Å². The fourth-order valence-electron chi connectivity index (χ4n) is 2.67. The van der Waals surface area contributed by atoms with Crippen LogP contribution < -0.4 is 10.6 Å². The van der Waals surface area contributed by atoms with Crippen LogP contribution in [0.15, 0.2) is 48.5 Å². The second-order valence-corrected chi connectivity index (χ2v) is 6.71. The molecular formula is C19H18ClFN4S. The third-order valence-corrected chi connectivity index (χ3v) is 4.50. The van der Waals surface area contributed by atoms with Crippen LogP contribution in [-0.2, 0) is 6.54 Å². The topological polar surface area (TPSA) is 41.9 Å². The summed E-state index contributed by atoms with van der Waals surface area (Å²) in [5.41, 5.74) is 4.12. The molecule has 0 bridgehead atoms. The third-order valence-electron chi connectivity index (χ3n) is 3.96. The average molecular weight is 389 g/mol. The number of hydrogen-bond donors (Lipinski definition) is 2. The number of aromatic nitrogens is 2. The van der Waals surface area contributed by atoms with Gasteiger partial charge in [-0.3, -0.25) is 4.68 Å². The Morgan fingerprint density at radius 1 is 1.15 bits per heavy atom. The molecule has 3 aromatic rings. The van der Waals surface area contributed by atoms with Crippen LogP contribution in [0.2, 0.25) is 5.02 Å². The van der Waals surface area contributed by atoms with Gasteiger partial charge in [-0.2, -0.15) is 5.10 Å². The number of thiocarbonyl (C=S) groups is 1. The minimum Gasteiger partial charge on any atom is -0.331 e. The highest BCUT2D eigenvalue weighted by atomic mass is 35.5. The molecule has 0 fully saturated rings. The van der Waals surface area contributed by atoms with Gasteiger partial charge < -0.3 is 10.6 Å². The Morgan fingerprint density at radius 2 is 1.92 bits per heavy atom. The fourth-order valence-corrected chi connectivity index (χ4v) is 3.06. The summed E-state index contributed by atoms with van der Waals surface area (Å²) >= 11 is 11.5. The molecule has 7 heteroatoms.